The van der Waals surface area contributed by atoms with Gasteiger partial charge in [0.2, 0.25) is 0 Å². The number of hydrogen-bond acceptors (Lipinski definition) is 2. The van der Waals surface area contributed by atoms with Gasteiger partial charge in [0.25, 0.3) is 0 Å². The molecule has 0 rings (SSSR count). The molecule has 0 amide bonds. The molecule has 0 bridgehead atoms. The van der Waals surface area contributed by atoms with Crippen molar-refractivity contribution in [3.8, 4) is 0 Å². The highest BCUT2D eigenvalue weighted by Crippen LogP contribution is 2.34. The quantitative estimate of drug-likeness (QED) is 0.583. The van der Waals surface area contributed by atoms with Crippen molar-refractivity contribution in [3.05, 3.63) is 0 Å². The fourth-order valence-electron chi connectivity index (χ4n) is 0.528. The maximum Gasteiger partial charge on any atom is 0.334 e. The third kappa shape index (κ3) is 3.93. The van der Waals surface area contributed by atoms with Gasteiger partial charge < -0.3 is 9.53 Å². The maximum absolute atomic E-state index is 12.7. The van der Waals surface area contributed by atoms with E-state index in [1.807, 2.05) is 0 Å². The van der Waals surface area contributed by atoms with Crippen LogP contribution in [0.4, 0.5) is 17.6 Å². The third-order valence-electron chi connectivity index (χ3n) is 1.42. The van der Waals surface area contributed by atoms with Crippen molar-refractivity contribution in [3.63, 3.8) is 0 Å². The zero-order chi connectivity index (χ0) is 11.6. The zero-order valence-corrected chi connectivity index (χ0v) is 9.28. The first-order valence-electron chi connectivity index (χ1n) is 4.02. The van der Waals surface area contributed by atoms with Gasteiger partial charge in [-0.15, -0.1) is 0 Å². The molecule has 0 fully saturated rings. The van der Waals surface area contributed by atoms with Crippen LogP contribution in [0.2, 0.25) is 19.6 Å². The van der Waals surface area contributed by atoms with Crippen LogP contribution in [0, 0.1) is 0 Å². The van der Waals surface area contributed by atoms with Crippen LogP contribution in [-0.4, -0.2) is 38.5 Å². The van der Waals surface area contributed by atoms with E-state index in [1.54, 1.807) is 19.6 Å². The Morgan fingerprint density at radius 3 is 1.79 bits per heavy atom. The molecule has 0 aromatic carbocycles. The molecule has 0 aliphatic rings. The molecule has 7 heteroatoms. The summed E-state index contributed by atoms with van der Waals surface area (Å²) in [5, 5.41) is 8.08. The van der Waals surface area contributed by atoms with Gasteiger partial charge in [0.05, 0.1) is 0 Å². The largest absolute Gasteiger partial charge is 0.411 e. The summed E-state index contributed by atoms with van der Waals surface area (Å²) in [6.07, 6.45) is 0. The molecule has 1 N–H and O–H groups in total. The number of rotatable bonds is 5. The Bertz CT molecular complexity index is 191. The smallest absolute Gasteiger partial charge is 0.334 e. The van der Waals surface area contributed by atoms with Crippen LogP contribution in [0.25, 0.3) is 0 Å². The minimum atomic E-state index is -4.42. The average molecular weight is 234 g/mol. The fraction of sp³-hybridized carbons (Fsp3) is 1.00. The molecule has 0 radical (unpaired) electrons. The van der Waals surface area contributed by atoms with Crippen LogP contribution in [0.15, 0.2) is 0 Å². The molecule has 0 saturated heterocycles. The second-order valence-electron chi connectivity index (χ2n) is 3.97. The van der Waals surface area contributed by atoms with E-state index in [2.05, 4.69) is 4.43 Å². The van der Waals surface area contributed by atoms with E-state index in [-0.39, 0.29) is 0 Å². The number of alkyl halides is 4. The van der Waals surface area contributed by atoms with Crippen molar-refractivity contribution < 1.29 is 27.1 Å². The monoisotopic (exact) mass is 234 g/mol. The molecular formula is C7H14F4O2Si. The van der Waals surface area contributed by atoms with E-state index in [1.165, 1.54) is 0 Å². The summed E-state index contributed by atoms with van der Waals surface area (Å²) in [6.45, 7) is 1.60. The molecule has 0 aliphatic heterocycles. The first-order valence-corrected chi connectivity index (χ1v) is 7.43. The van der Waals surface area contributed by atoms with Gasteiger partial charge in [-0.05, 0) is 19.6 Å². The van der Waals surface area contributed by atoms with E-state index in [0.29, 0.717) is 0 Å². The van der Waals surface area contributed by atoms with Crippen molar-refractivity contribution in [1.82, 2.24) is 0 Å². The van der Waals surface area contributed by atoms with Crippen LogP contribution in [-0.2, 0) is 4.43 Å². The molecule has 0 saturated carbocycles. The van der Waals surface area contributed by atoms with Crippen LogP contribution < -0.4 is 0 Å². The second kappa shape index (κ2) is 4.16. The Labute approximate surface area is 81.0 Å². The zero-order valence-electron chi connectivity index (χ0n) is 8.28. The van der Waals surface area contributed by atoms with Gasteiger partial charge in [-0.1, -0.05) is 0 Å². The van der Waals surface area contributed by atoms with E-state index in [4.69, 9.17) is 5.11 Å². The predicted molar refractivity (Wildman–Crippen MR) is 46.3 cm³/mol. The van der Waals surface area contributed by atoms with Crippen molar-refractivity contribution in [2.45, 2.75) is 31.5 Å². The summed E-state index contributed by atoms with van der Waals surface area (Å²) in [5.41, 5.74) is 0. The van der Waals surface area contributed by atoms with Gasteiger partial charge in [-0.25, -0.2) is 0 Å². The van der Waals surface area contributed by atoms with Crippen molar-refractivity contribution in [1.29, 1.82) is 0 Å². The summed E-state index contributed by atoms with van der Waals surface area (Å²) in [7, 11) is -2.25. The standard InChI is InChI=1S/C7H14F4O2Si/c1-14(2,3)13-5-7(10,11)6(8,9)4-12/h12H,4-5H2,1-3H3. The van der Waals surface area contributed by atoms with Gasteiger partial charge >= 0.3 is 11.8 Å². The van der Waals surface area contributed by atoms with Gasteiger partial charge in [0, 0.05) is 0 Å². The molecule has 2 nitrogen and oxygen atoms in total. The molecule has 0 aliphatic carbocycles. The summed E-state index contributed by atoms with van der Waals surface area (Å²) in [6, 6.07) is 0. The molecule has 0 spiro atoms. The minimum absolute atomic E-state index is 1.35. The predicted octanol–water partition coefficient (Wildman–Crippen LogP) is 2.10. The van der Waals surface area contributed by atoms with Gasteiger partial charge in [0.15, 0.2) is 8.32 Å². The van der Waals surface area contributed by atoms with Crippen LogP contribution in [0.5, 0.6) is 0 Å². The normalized spacial score (nSPS) is 14.6. The Hall–Kier alpha value is -0.143. The van der Waals surface area contributed by atoms with E-state index in [0.717, 1.165) is 0 Å². The average Bonchev–Trinajstić information content (AvgIpc) is 1.99. The van der Waals surface area contributed by atoms with Gasteiger partial charge in [0.1, 0.15) is 13.2 Å². The lowest BCUT2D eigenvalue weighted by Gasteiger charge is -2.27. The number of aliphatic hydroxyl groups is 1. The minimum Gasteiger partial charge on any atom is -0.411 e. The Morgan fingerprint density at radius 1 is 1.07 bits per heavy atom. The molecular weight excluding hydrogens is 220 g/mol. The lowest BCUT2D eigenvalue weighted by Crippen LogP contribution is -2.48. The number of hydrogen-bond donors (Lipinski definition) is 1. The maximum atomic E-state index is 12.7. The van der Waals surface area contributed by atoms with Crippen molar-refractivity contribution in [2.24, 2.45) is 0 Å². The Kier molecular flexibility index (Phi) is 4.11. The lowest BCUT2D eigenvalue weighted by atomic mass is 10.2. The van der Waals surface area contributed by atoms with Crippen LogP contribution >= 0.6 is 0 Å². The van der Waals surface area contributed by atoms with Crippen molar-refractivity contribution >= 4 is 8.32 Å². The SMILES string of the molecule is C[Si](C)(C)OCC(F)(F)C(F)(F)CO. The van der Waals surface area contributed by atoms with E-state index < -0.39 is 33.4 Å². The number of aliphatic hydroxyl groups excluding tert-OH is 1. The highest BCUT2D eigenvalue weighted by Gasteiger charge is 2.56. The summed E-state index contributed by atoms with van der Waals surface area (Å²) >= 11 is 0. The second-order valence-corrected chi connectivity index (χ2v) is 8.48. The van der Waals surface area contributed by atoms with Gasteiger partial charge in [-0.2, -0.15) is 17.6 Å². The highest BCUT2D eigenvalue weighted by molar-refractivity contribution is 6.69. The number of halogens is 4. The Balaban J connectivity index is 4.35. The fourth-order valence-corrected chi connectivity index (χ4v) is 1.14. The molecule has 86 valence electrons. The molecule has 0 heterocycles. The lowest BCUT2D eigenvalue weighted by molar-refractivity contribution is -0.236. The third-order valence-corrected chi connectivity index (χ3v) is 2.43. The van der Waals surface area contributed by atoms with E-state index >= 15 is 0 Å². The molecule has 0 atom stereocenters. The molecule has 0 aromatic heterocycles. The van der Waals surface area contributed by atoms with Crippen molar-refractivity contribution in [2.75, 3.05) is 13.2 Å². The highest BCUT2D eigenvalue weighted by atomic mass is 28.4. The van der Waals surface area contributed by atoms with E-state index in [9.17, 15) is 17.6 Å². The van der Waals surface area contributed by atoms with Gasteiger partial charge in [-0.3, -0.25) is 0 Å². The molecule has 14 heavy (non-hydrogen) atoms. The van der Waals surface area contributed by atoms with Crippen LogP contribution in [0.1, 0.15) is 0 Å². The summed E-state index contributed by atoms with van der Waals surface area (Å²) in [4.78, 5) is 0. The molecule has 0 unspecified atom stereocenters. The Morgan fingerprint density at radius 2 is 1.50 bits per heavy atom. The first kappa shape index (κ1) is 13.9. The van der Waals surface area contributed by atoms with Crippen LogP contribution in [0.3, 0.4) is 0 Å². The summed E-state index contributed by atoms with van der Waals surface area (Å²) < 4.78 is 55.0. The molecule has 0 aromatic rings. The summed E-state index contributed by atoms with van der Waals surface area (Å²) in [5.74, 6) is -8.74. The topological polar surface area (TPSA) is 29.5 Å². The first-order chi connectivity index (χ1) is 6.02.